The third-order valence-electron chi connectivity index (χ3n) is 3.95. The second-order valence-corrected chi connectivity index (χ2v) is 9.62. The van der Waals surface area contributed by atoms with Gasteiger partial charge >= 0.3 is 0 Å². The summed E-state index contributed by atoms with van der Waals surface area (Å²) in [7, 11) is -3.71. The molecular weight excluding hydrogens is 371 g/mol. The predicted molar refractivity (Wildman–Crippen MR) is 96.9 cm³/mol. The standard InChI is InChI=1S/C16H22Cl2N2O3S/c1-10(2)5-4-6-11(3)20-24(22,23)12-7-8-14-13(9-12)16(17,18)15(21)19-14/h7-11,20H,4-6H2,1-3H3,(H,19,21). The third-order valence-corrected chi connectivity index (χ3v) is 6.29. The van der Waals surface area contributed by atoms with Crippen LogP contribution in [0.25, 0.3) is 0 Å². The van der Waals surface area contributed by atoms with Crippen molar-refractivity contribution in [1.82, 2.24) is 4.72 Å². The summed E-state index contributed by atoms with van der Waals surface area (Å²) in [5.74, 6) is 0.0153. The lowest BCUT2D eigenvalue weighted by Gasteiger charge is -2.16. The number of carbonyl (C=O) groups is 1. The summed E-state index contributed by atoms with van der Waals surface area (Å²) in [5.41, 5.74) is 0.681. The van der Waals surface area contributed by atoms with Crippen molar-refractivity contribution in [2.24, 2.45) is 5.92 Å². The van der Waals surface area contributed by atoms with E-state index in [1.54, 1.807) is 0 Å². The number of carbonyl (C=O) groups excluding carboxylic acids is 1. The van der Waals surface area contributed by atoms with Gasteiger partial charge in [-0.15, -0.1) is 0 Å². The Morgan fingerprint density at radius 3 is 2.50 bits per heavy atom. The van der Waals surface area contributed by atoms with Crippen LogP contribution in [-0.2, 0) is 19.2 Å². The number of sulfonamides is 1. The molecule has 1 unspecified atom stereocenters. The average Bonchev–Trinajstić information content (AvgIpc) is 2.68. The van der Waals surface area contributed by atoms with Gasteiger partial charge in [0.2, 0.25) is 14.4 Å². The molecule has 2 N–H and O–H groups in total. The molecule has 2 rings (SSSR count). The molecule has 1 aromatic rings. The average molecular weight is 393 g/mol. The minimum absolute atomic E-state index is 0.0409. The second-order valence-electron chi connectivity index (χ2n) is 6.58. The van der Waals surface area contributed by atoms with Crippen LogP contribution in [0.3, 0.4) is 0 Å². The Kier molecular flexibility index (Phi) is 5.85. The van der Waals surface area contributed by atoms with Gasteiger partial charge in [-0.05, 0) is 37.5 Å². The van der Waals surface area contributed by atoms with Crippen LogP contribution >= 0.6 is 23.2 Å². The van der Waals surface area contributed by atoms with Crippen molar-refractivity contribution in [3.8, 4) is 0 Å². The molecule has 0 saturated carbocycles. The van der Waals surface area contributed by atoms with Crippen LogP contribution in [0, 0.1) is 5.92 Å². The van der Waals surface area contributed by atoms with Gasteiger partial charge in [-0.3, -0.25) is 4.79 Å². The van der Waals surface area contributed by atoms with Crippen molar-refractivity contribution in [3.63, 3.8) is 0 Å². The first kappa shape index (κ1) is 19.5. The zero-order valence-corrected chi connectivity index (χ0v) is 16.2. The SMILES string of the molecule is CC(C)CCCC(C)NS(=O)(=O)c1ccc2c(c1)C(Cl)(Cl)C(=O)N2. The fourth-order valence-electron chi connectivity index (χ4n) is 2.61. The molecule has 1 heterocycles. The highest BCUT2D eigenvalue weighted by molar-refractivity contribution is 7.89. The van der Waals surface area contributed by atoms with Crippen molar-refractivity contribution in [2.45, 2.75) is 55.3 Å². The van der Waals surface area contributed by atoms with E-state index in [9.17, 15) is 13.2 Å². The number of hydrogen-bond donors (Lipinski definition) is 2. The summed E-state index contributed by atoms with van der Waals surface area (Å²) in [5, 5.41) is 2.53. The largest absolute Gasteiger partial charge is 0.323 e. The highest BCUT2D eigenvalue weighted by atomic mass is 35.5. The number of fused-ring (bicyclic) bond motifs is 1. The first-order valence-corrected chi connectivity index (χ1v) is 10.1. The third kappa shape index (κ3) is 4.23. The topological polar surface area (TPSA) is 75.3 Å². The van der Waals surface area contributed by atoms with Crippen LogP contribution in [0.1, 0.15) is 45.6 Å². The molecule has 1 aromatic carbocycles. The van der Waals surface area contributed by atoms with Gasteiger partial charge in [0.1, 0.15) is 0 Å². The van der Waals surface area contributed by atoms with Crippen molar-refractivity contribution >= 4 is 44.8 Å². The summed E-state index contributed by atoms with van der Waals surface area (Å²) in [6.45, 7) is 6.11. The molecular formula is C16H22Cl2N2O3S. The normalized spacial score (nSPS) is 17.7. The molecule has 1 aliphatic heterocycles. The van der Waals surface area contributed by atoms with Crippen molar-refractivity contribution in [1.29, 1.82) is 0 Å². The second kappa shape index (κ2) is 7.20. The van der Waals surface area contributed by atoms with E-state index in [2.05, 4.69) is 23.9 Å². The number of halogens is 2. The van der Waals surface area contributed by atoms with Gasteiger partial charge in [0.15, 0.2) is 0 Å². The van der Waals surface area contributed by atoms with Gasteiger partial charge in [-0.1, -0.05) is 49.9 Å². The van der Waals surface area contributed by atoms with E-state index in [1.807, 2.05) is 6.92 Å². The molecule has 134 valence electrons. The van der Waals surface area contributed by atoms with Gasteiger partial charge in [-0.25, -0.2) is 13.1 Å². The van der Waals surface area contributed by atoms with E-state index in [-0.39, 0.29) is 16.5 Å². The predicted octanol–water partition coefficient (Wildman–Crippen LogP) is 3.76. The molecule has 0 aromatic heterocycles. The van der Waals surface area contributed by atoms with Gasteiger partial charge in [0.25, 0.3) is 5.91 Å². The van der Waals surface area contributed by atoms with Gasteiger partial charge in [0, 0.05) is 17.3 Å². The van der Waals surface area contributed by atoms with Crippen LogP contribution in [0.4, 0.5) is 5.69 Å². The number of alkyl halides is 2. The number of nitrogens with one attached hydrogen (secondary N) is 2. The van der Waals surface area contributed by atoms with Gasteiger partial charge in [0.05, 0.1) is 4.90 Å². The Morgan fingerprint density at radius 1 is 1.21 bits per heavy atom. The smallest absolute Gasteiger partial charge is 0.265 e. The first-order chi connectivity index (χ1) is 11.0. The van der Waals surface area contributed by atoms with E-state index >= 15 is 0 Å². The van der Waals surface area contributed by atoms with Crippen molar-refractivity contribution < 1.29 is 13.2 Å². The minimum Gasteiger partial charge on any atom is -0.323 e. The van der Waals surface area contributed by atoms with Gasteiger partial charge < -0.3 is 5.32 Å². The molecule has 24 heavy (non-hydrogen) atoms. The molecule has 0 radical (unpaired) electrons. The Morgan fingerprint density at radius 2 is 1.88 bits per heavy atom. The zero-order valence-electron chi connectivity index (χ0n) is 13.9. The summed E-state index contributed by atoms with van der Waals surface area (Å²) >= 11 is 12.0. The lowest BCUT2D eigenvalue weighted by Crippen LogP contribution is -2.32. The van der Waals surface area contributed by atoms with Crippen LogP contribution in [-0.4, -0.2) is 20.4 Å². The number of anilines is 1. The maximum absolute atomic E-state index is 12.5. The first-order valence-electron chi connectivity index (χ1n) is 7.90. The quantitative estimate of drug-likeness (QED) is 0.693. The lowest BCUT2D eigenvalue weighted by atomic mass is 10.0. The van der Waals surface area contributed by atoms with E-state index in [0.29, 0.717) is 11.6 Å². The fraction of sp³-hybridized carbons (Fsp3) is 0.562. The van der Waals surface area contributed by atoms with Gasteiger partial charge in [-0.2, -0.15) is 0 Å². The molecule has 0 saturated heterocycles. The number of rotatable bonds is 7. The van der Waals surface area contributed by atoms with Crippen molar-refractivity contribution in [2.75, 3.05) is 5.32 Å². The van der Waals surface area contributed by atoms with E-state index < -0.39 is 20.3 Å². The van der Waals surface area contributed by atoms with Crippen LogP contribution in [0.15, 0.2) is 23.1 Å². The number of benzene rings is 1. The molecule has 0 aliphatic carbocycles. The fourth-order valence-corrected chi connectivity index (χ4v) is 4.32. The minimum atomic E-state index is -3.71. The molecule has 0 bridgehead atoms. The summed E-state index contributed by atoms with van der Waals surface area (Å²) in [6, 6.07) is 4.09. The highest BCUT2D eigenvalue weighted by Crippen LogP contribution is 2.45. The Labute approximate surface area is 153 Å². The maximum Gasteiger partial charge on any atom is 0.265 e. The maximum atomic E-state index is 12.5. The monoisotopic (exact) mass is 392 g/mol. The Bertz CT molecular complexity index is 733. The summed E-state index contributed by atoms with van der Waals surface area (Å²) < 4.78 is 25.9. The Balaban J connectivity index is 2.14. The van der Waals surface area contributed by atoms with Crippen LogP contribution in [0.2, 0.25) is 0 Å². The number of hydrogen-bond acceptors (Lipinski definition) is 3. The number of amides is 1. The zero-order chi connectivity index (χ0) is 18.1. The van der Waals surface area contributed by atoms with E-state index in [4.69, 9.17) is 23.2 Å². The highest BCUT2D eigenvalue weighted by Gasteiger charge is 2.44. The molecule has 1 atom stereocenters. The molecule has 1 aliphatic rings. The molecule has 8 heteroatoms. The summed E-state index contributed by atoms with van der Waals surface area (Å²) in [4.78, 5) is 11.8. The molecule has 5 nitrogen and oxygen atoms in total. The van der Waals surface area contributed by atoms with Crippen molar-refractivity contribution in [3.05, 3.63) is 23.8 Å². The molecule has 1 amide bonds. The van der Waals surface area contributed by atoms with E-state index in [0.717, 1.165) is 19.3 Å². The Hall–Kier alpha value is -0.820. The van der Waals surface area contributed by atoms with Crippen LogP contribution in [0.5, 0.6) is 0 Å². The van der Waals surface area contributed by atoms with Crippen LogP contribution < -0.4 is 10.0 Å². The molecule has 0 fully saturated rings. The van der Waals surface area contributed by atoms with E-state index in [1.165, 1.54) is 18.2 Å². The molecule has 0 spiro atoms. The lowest BCUT2D eigenvalue weighted by molar-refractivity contribution is -0.116. The summed E-state index contributed by atoms with van der Waals surface area (Å²) in [6.07, 6.45) is 2.77.